The fourth-order valence-corrected chi connectivity index (χ4v) is 2.27. The van der Waals surface area contributed by atoms with E-state index in [1.54, 1.807) is 6.07 Å². The van der Waals surface area contributed by atoms with Crippen molar-refractivity contribution in [1.29, 1.82) is 0 Å². The summed E-state index contributed by atoms with van der Waals surface area (Å²) >= 11 is 9.01. The van der Waals surface area contributed by atoms with Crippen LogP contribution in [0, 0.1) is 5.82 Å². The molecular formula is C12H7BrClFN2O. The molecule has 0 spiro atoms. The van der Waals surface area contributed by atoms with E-state index >= 15 is 0 Å². The van der Waals surface area contributed by atoms with Crippen LogP contribution in [-0.4, -0.2) is 10.9 Å². The van der Waals surface area contributed by atoms with Crippen LogP contribution in [0.3, 0.4) is 0 Å². The predicted octanol–water partition coefficient (Wildman–Crippen LogP) is 3.40. The number of carbonyl (C=O) groups excluding carboxylic acids is 1. The highest BCUT2D eigenvalue weighted by atomic mass is 79.9. The van der Waals surface area contributed by atoms with Gasteiger partial charge >= 0.3 is 0 Å². The molecule has 1 aromatic carbocycles. The van der Waals surface area contributed by atoms with Gasteiger partial charge < -0.3 is 5.73 Å². The third-order valence-corrected chi connectivity index (χ3v) is 3.30. The van der Waals surface area contributed by atoms with Gasteiger partial charge in [0, 0.05) is 16.2 Å². The number of nitrogens with two attached hydrogens (primary N) is 1. The average molecular weight is 330 g/mol. The molecule has 1 heterocycles. The average Bonchev–Trinajstić information content (AvgIpc) is 2.30. The lowest BCUT2D eigenvalue weighted by molar-refractivity contribution is 0.1000. The summed E-state index contributed by atoms with van der Waals surface area (Å²) in [6.45, 7) is 0. The predicted molar refractivity (Wildman–Crippen MR) is 70.9 cm³/mol. The van der Waals surface area contributed by atoms with Crippen molar-refractivity contribution in [2.45, 2.75) is 0 Å². The monoisotopic (exact) mass is 328 g/mol. The molecule has 18 heavy (non-hydrogen) atoms. The number of primary amides is 1. The van der Waals surface area contributed by atoms with Gasteiger partial charge in [-0.25, -0.2) is 9.37 Å². The van der Waals surface area contributed by atoms with E-state index in [1.165, 1.54) is 24.4 Å². The van der Waals surface area contributed by atoms with Crippen molar-refractivity contribution in [3.63, 3.8) is 0 Å². The van der Waals surface area contributed by atoms with E-state index < -0.39 is 5.91 Å². The number of benzene rings is 1. The molecule has 1 aromatic heterocycles. The number of halogens is 3. The molecule has 3 nitrogen and oxygen atoms in total. The number of pyridine rings is 1. The van der Waals surface area contributed by atoms with Crippen LogP contribution >= 0.6 is 27.5 Å². The van der Waals surface area contributed by atoms with Gasteiger partial charge in [0.1, 0.15) is 11.0 Å². The summed E-state index contributed by atoms with van der Waals surface area (Å²) in [5.41, 5.74) is 6.64. The molecule has 92 valence electrons. The van der Waals surface area contributed by atoms with Gasteiger partial charge in [0.15, 0.2) is 0 Å². The van der Waals surface area contributed by atoms with Crippen molar-refractivity contribution in [3.8, 4) is 11.1 Å². The van der Waals surface area contributed by atoms with Crippen LogP contribution in [0.5, 0.6) is 0 Å². The van der Waals surface area contributed by atoms with Crippen molar-refractivity contribution < 1.29 is 9.18 Å². The zero-order chi connectivity index (χ0) is 13.3. The molecule has 0 radical (unpaired) electrons. The minimum Gasteiger partial charge on any atom is -0.366 e. The fourth-order valence-electron chi connectivity index (χ4n) is 1.49. The Labute approximate surface area is 116 Å². The molecule has 0 unspecified atom stereocenters. The third-order valence-electron chi connectivity index (χ3n) is 2.35. The van der Waals surface area contributed by atoms with Gasteiger partial charge in [-0.1, -0.05) is 33.6 Å². The van der Waals surface area contributed by atoms with Gasteiger partial charge in [0.25, 0.3) is 5.91 Å². The highest BCUT2D eigenvalue weighted by Crippen LogP contribution is 2.30. The van der Waals surface area contributed by atoms with Crippen molar-refractivity contribution >= 4 is 33.4 Å². The Morgan fingerprint density at radius 1 is 1.39 bits per heavy atom. The zero-order valence-electron chi connectivity index (χ0n) is 8.95. The quantitative estimate of drug-likeness (QED) is 0.859. The third kappa shape index (κ3) is 2.52. The maximum Gasteiger partial charge on any atom is 0.251 e. The first kappa shape index (κ1) is 13.0. The lowest BCUT2D eigenvalue weighted by atomic mass is 10.1. The summed E-state index contributed by atoms with van der Waals surface area (Å²) < 4.78 is 13.6. The van der Waals surface area contributed by atoms with E-state index in [0.717, 1.165) is 0 Å². The number of hydrogen-bond acceptors (Lipinski definition) is 2. The number of rotatable bonds is 2. The maximum absolute atomic E-state index is 13.0. The van der Waals surface area contributed by atoms with Crippen LogP contribution in [0.2, 0.25) is 5.15 Å². The van der Waals surface area contributed by atoms with E-state index in [1.807, 2.05) is 0 Å². The molecule has 0 aliphatic rings. The number of amides is 1. The molecule has 0 bridgehead atoms. The molecule has 0 saturated heterocycles. The van der Waals surface area contributed by atoms with Crippen LogP contribution in [0.15, 0.2) is 34.9 Å². The van der Waals surface area contributed by atoms with Crippen molar-refractivity contribution in [2.75, 3.05) is 0 Å². The van der Waals surface area contributed by atoms with E-state index in [0.29, 0.717) is 15.6 Å². The molecule has 2 aromatic rings. The van der Waals surface area contributed by atoms with Crippen LogP contribution in [0.25, 0.3) is 11.1 Å². The van der Waals surface area contributed by atoms with Crippen molar-refractivity contribution in [2.24, 2.45) is 5.73 Å². The van der Waals surface area contributed by atoms with E-state index in [-0.39, 0.29) is 16.5 Å². The van der Waals surface area contributed by atoms with Crippen LogP contribution in [0.1, 0.15) is 10.4 Å². The van der Waals surface area contributed by atoms with E-state index in [9.17, 15) is 9.18 Å². The molecule has 0 saturated carbocycles. The normalized spacial score (nSPS) is 10.4. The minimum atomic E-state index is -0.660. The highest BCUT2D eigenvalue weighted by Gasteiger charge is 2.11. The second-order valence-corrected chi connectivity index (χ2v) is 4.76. The Kier molecular flexibility index (Phi) is 3.63. The van der Waals surface area contributed by atoms with E-state index in [2.05, 4.69) is 20.9 Å². The molecule has 0 aliphatic heterocycles. The van der Waals surface area contributed by atoms with Crippen LogP contribution < -0.4 is 5.73 Å². The smallest absolute Gasteiger partial charge is 0.251 e. The Hall–Kier alpha value is -1.46. The number of nitrogens with zero attached hydrogens (tertiary/aromatic N) is 1. The molecule has 2 N–H and O–H groups in total. The second kappa shape index (κ2) is 5.04. The summed E-state index contributed by atoms with van der Waals surface area (Å²) in [5, 5.41) is 0.0458. The number of hydrogen-bond donors (Lipinski definition) is 1. The first-order valence-electron chi connectivity index (χ1n) is 4.90. The van der Waals surface area contributed by atoms with Gasteiger partial charge in [-0.3, -0.25) is 4.79 Å². The standard InChI is InChI=1S/C12H7BrClFN2O/c13-10-4-7(15)1-2-8(10)6-3-9(12(16)18)11(14)17-5-6/h1-5H,(H2,16,18). The molecule has 0 fully saturated rings. The molecule has 0 atom stereocenters. The number of aromatic nitrogens is 1. The van der Waals surface area contributed by atoms with Crippen LogP contribution in [-0.2, 0) is 0 Å². The lowest BCUT2D eigenvalue weighted by Crippen LogP contribution is -2.12. The lowest BCUT2D eigenvalue weighted by Gasteiger charge is -2.06. The van der Waals surface area contributed by atoms with Crippen molar-refractivity contribution in [3.05, 3.63) is 51.5 Å². The SMILES string of the molecule is NC(=O)c1cc(-c2ccc(F)cc2Br)cnc1Cl. The Bertz CT molecular complexity index is 633. The molecule has 2 rings (SSSR count). The summed E-state index contributed by atoms with van der Waals surface area (Å²) in [4.78, 5) is 15.1. The Morgan fingerprint density at radius 3 is 2.72 bits per heavy atom. The summed E-state index contributed by atoms with van der Waals surface area (Å²) in [5.74, 6) is -1.02. The van der Waals surface area contributed by atoms with Gasteiger partial charge in [-0.2, -0.15) is 0 Å². The largest absolute Gasteiger partial charge is 0.366 e. The van der Waals surface area contributed by atoms with Crippen LogP contribution in [0.4, 0.5) is 4.39 Å². The zero-order valence-corrected chi connectivity index (χ0v) is 11.3. The first-order valence-corrected chi connectivity index (χ1v) is 6.07. The minimum absolute atomic E-state index is 0.0458. The number of carbonyl (C=O) groups is 1. The Morgan fingerprint density at radius 2 is 2.11 bits per heavy atom. The van der Waals surface area contributed by atoms with Gasteiger partial charge in [-0.15, -0.1) is 0 Å². The first-order chi connectivity index (χ1) is 8.49. The van der Waals surface area contributed by atoms with Gasteiger partial charge in [0.05, 0.1) is 5.56 Å². The molecule has 6 heteroatoms. The summed E-state index contributed by atoms with van der Waals surface area (Å²) in [7, 11) is 0. The van der Waals surface area contributed by atoms with Gasteiger partial charge in [0.2, 0.25) is 0 Å². The second-order valence-electron chi connectivity index (χ2n) is 3.55. The summed E-state index contributed by atoms with van der Waals surface area (Å²) in [6.07, 6.45) is 1.49. The molecule has 0 aliphatic carbocycles. The summed E-state index contributed by atoms with van der Waals surface area (Å²) in [6, 6.07) is 5.75. The molecular weight excluding hydrogens is 322 g/mol. The van der Waals surface area contributed by atoms with Gasteiger partial charge in [-0.05, 0) is 23.8 Å². The van der Waals surface area contributed by atoms with E-state index in [4.69, 9.17) is 17.3 Å². The maximum atomic E-state index is 13.0. The van der Waals surface area contributed by atoms with Crippen molar-refractivity contribution in [1.82, 2.24) is 4.98 Å². The topological polar surface area (TPSA) is 56.0 Å². The fraction of sp³-hybridized carbons (Fsp3) is 0. The Balaban J connectivity index is 2.58. The highest BCUT2D eigenvalue weighted by molar-refractivity contribution is 9.10. The molecule has 1 amide bonds.